The number of hydrogen-bond donors (Lipinski definition) is 5. The number of hydrogen-bond acceptors (Lipinski definition) is 7. The second kappa shape index (κ2) is 15.5. The average Bonchev–Trinajstić information content (AvgIpc) is 2.62. The fourth-order valence-electron chi connectivity index (χ4n) is 2.49. The molecule has 0 amide bonds. The van der Waals surface area contributed by atoms with Gasteiger partial charge in [-0.3, -0.25) is 4.79 Å². The van der Waals surface area contributed by atoms with Gasteiger partial charge < -0.3 is 30.3 Å². The lowest BCUT2D eigenvalue weighted by Crippen LogP contribution is -2.47. The predicted octanol–water partition coefficient (Wildman–Crippen LogP) is 0.886. The summed E-state index contributed by atoms with van der Waals surface area (Å²) in [5, 5.41) is 46.5. The van der Waals surface area contributed by atoms with Crippen LogP contribution in [0.1, 0.15) is 71.1 Å². The Morgan fingerprint density at radius 3 is 1.80 bits per heavy atom. The fraction of sp³-hybridized carbons (Fsp3) is 0.944. The van der Waals surface area contributed by atoms with Gasteiger partial charge in [0.1, 0.15) is 31.0 Å². The summed E-state index contributed by atoms with van der Waals surface area (Å²) in [5.74, 6) is -0.466. The molecule has 0 fully saturated rings. The lowest BCUT2D eigenvalue weighted by molar-refractivity contribution is -0.156. The van der Waals surface area contributed by atoms with E-state index in [4.69, 9.17) is 9.84 Å². The highest BCUT2D eigenvalue weighted by Crippen LogP contribution is 2.11. The Morgan fingerprint density at radius 1 is 0.800 bits per heavy atom. The third kappa shape index (κ3) is 12.3. The van der Waals surface area contributed by atoms with Crippen molar-refractivity contribution in [2.24, 2.45) is 0 Å². The maximum atomic E-state index is 11.6. The summed E-state index contributed by atoms with van der Waals surface area (Å²) >= 11 is 0. The normalized spacial score (nSPS) is 16.2. The summed E-state index contributed by atoms with van der Waals surface area (Å²) < 4.78 is 4.86. The van der Waals surface area contributed by atoms with E-state index in [2.05, 4.69) is 6.92 Å². The Hall–Kier alpha value is -0.730. The zero-order chi connectivity index (χ0) is 19.1. The second-order valence-electron chi connectivity index (χ2n) is 6.56. The van der Waals surface area contributed by atoms with Crippen molar-refractivity contribution in [1.82, 2.24) is 0 Å². The van der Waals surface area contributed by atoms with E-state index in [1.54, 1.807) is 0 Å². The molecular formula is C18H36O7. The van der Waals surface area contributed by atoms with E-state index in [1.165, 1.54) is 38.5 Å². The van der Waals surface area contributed by atoms with Gasteiger partial charge >= 0.3 is 5.97 Å². The van der Waals surface area contributed by atoms with Gasteiger partial charge in [0.05, 0.1) is 6.61 Å². The van der Waals surface area contributed by atoms with Gasteiger partial charge in [0.25, 0.3) is 0 Å². The molecule has 0 saturated heterocycles. The minimum atomic E-state index is -1.71. The smallest absolute Gasteiger partial charge is 0.305 e. The number of carbonyl (C=O) groups excluding carboxylic acids is 1. The first-order chi connectivity index (χ1) is 11.9. The maximum absolute atomic E-state index is 11.6. The highest BCUT2D eigenvalue weighted by atomic mass is 16.5. The lowest BCUT2D eigenvalue weighted by atomic mass is 10.0. The first kappa shape index (κ1) is 24.3. The number of aliphatic hydroxyl groups excluding tert-OH is 5. The van der Waals surface area contributed by atoms with Crippen LogP contribution in [-0.4, -0.2) is 69.1 Å². The Kier molecular flexibility index (Phi) is 15.1. The maximum Gasteiger partial charge on any atom is 0.305 e. The summed E-state index contributed by atoms with van der Waals surface area (Å²) in [6.45, 7) is 0.982. The molecule has 5 N–H and O–H groups in total. The van der Waals surface area contributed by atoms with Gasteiger partial charge in [0.15, 0.2) is 0 Å². The Labute approximate surface area is 150 Å². The number of aliphatic hydroxyl groups is 5. The van der Waals surface area contributed by atoms with Crippen molar-refractivity contribution in [3.8, 4) is 0 Å². The van der Waals surface area contributed by atoms with Crippen molar-refractivity contribution in [3.05, 3.63) is 0 Å². The van der Waals surface area contributed by atoms with Crippen molar-refractivity contribution in [3.63, 3.8) is 0 Å². The predicted molar refractivity (Wildman–Crippen MR) is 93.9 cm³/mol. The van der Waals surface area contributed by atoms with E-state index in [0.29, 0.717) is 0 Å². The molecule has 0 aromatic rings. The largest absolute Gasteiger partial charge is 0.463 e. The first-order valence-corrected chi connectivity index (χ1v) is 9.42. The number of carbonyl (C=O) groups is 1. The van der Waals surface area contributed by atoms with Crippen LogP contribution in [0.25, 0.3) is 0 Å². The van der Waals surface area contributed by atoms with E-state index in [0.717, 1.165) is 19.3 Å². The summed E-state index contributed by atoms with van der Waals surface area (Å²) in [6, 6.07) is 0. The molecule has 0 heterocycles. The van der Waals surface area contributed by atoms with Gasteiger partial charge in [-0.05, 0) is 6.42 Å². The van der Waals surface area contributed by atoms with E-state index < -0.39 is 43.6 Å². The van der Waals surface area contributed by atoms with Gasteiger partial charge in [-0.25, -0.2) is 0 Å². The zero-order valence-corrected chi connectivity index (χ0v) is 15.3. The molecule has 25 heavy (non-hydrogen) atoms. The average molecular weight is 364 g/mol. The molecule has 7 heteroatoms. The topological polar surface area (TPSA) is 127 Å². The minimum Gasteiger partial charge on any atom is -0.463 e. The van der Waals surface area contributed by atoms with Crippen molar-refractivity contribution in [1.29, 1.82) is 0 Å². The molecule has 0 aliphatic carbocycles. The second-order valence-corrected chi connectivity index (χ2v) is 6.56. The molecule has 0 spiro atoms. The van der Waals surface area contributed by atoms with Gasteiger partial charge in [-0.1, -0.05) is 58.3 Å². The fourth-order valence-corrected chi connectivity index (χ4v) is 2.49. The molecule has 4 atom stereocenters. The molecule has 0 bridgehead atoms. The van der Waals surface area contributed by atoms with Crippen molar-refractivity contribution < 1.29 is 35.1 Å². The third-order valence-electron chi connectivity index (χ3n) is 4.22. The Morgan fingerprint density at radius 2 is 1.28 bits per heavy atom. The highest BCUT2D eigenvalue weighted by Gasteiger charge is 2.30. The SMILES string of the molecule is CCCCCCCCCCCC(=O)OC[C@H](O)[C@@H](O)[C@H](O)[C@H](O)CO. The number of ether oxygens (including phenoxy) is 1. The van der Waals surface area contributed by atoms with Crippen molar-refractivity contribution >= 4 is 5.97 Å². The molecule has 0 saturated carbocycles. The van der Waals surface area contributed by atoms with Gasteiger partial charge in [0.2, 0.25) is 0 Å². The van der Waals surface area contributed by atoms with E-state index in [-0.39, 0.29) is 6.42 Å². The Balaban J connectivity index is 3.66. The molecule has 0 aromatic heterocycles. The van der Waals surface area contributed by atoms with Gasteiger partial charge in [-0.15, -0.1) is 0 Å². The summed E-state index contributed by atoms with van der Waals surface area (Å²) in [5.41, 5.74) is 0. The number of rotatable bonds is 16. The quantitative estimate of drug-likeness (QED) is 0.203. The van der Waals surface area contributed by atoms with Crippen LogP contribution in [0.2, 0.25) is 0 Å². The van der Waals surface area contributed by atoms with Crippen molar-refractivity contribution in [2.45, 2.75) is 95.5 Å². The molecule has 0 aliphatic rings. The molecular weight excluding hydrogens is 328 g/mol. The molecule has 0 unspecified atom stereocenters. The molecule has 0 rings (SSSR count). The van der Waals surface area contributed by atoms with Crippen LogP contribution in [0.15, 0.2) is 0 Å². The monoisotopic (exact) mass is 364 g/mol. The Bertz CT molecular complexity index is 325. The molecule has 7 nitrogen and oxygen atoms in total. The van der Waals surface area contributed by atoms with Crippen LogP contribution in [0.4, 0.5) is 0 Å². The van der Waals surface area contributed by atoms with Crippen LogP contribution >= 0.6 is 0 Å². The third-order valence-corrected chi connectivity index (χ3v) is 4.22. The van der Waals surface area contributed by atoms with Crippen LogP contribution in [0.3, 0.4) is 0 Å². The highest BCUT2D eigenvalue weighted by molar-refractivity contribution is 5.69. The molecule has 0 aliphatic heterocycles. The van der Waals surface area contributed by atoms with Gasteiger partial charge in [-0.2, -0.15) is 0 Å². The molecule has 0 radical (unpaired) electrons. The van der Waals surface area contributed by atoms with Gasteiger partial charge in [0, 0.05) is 6.42 Å². The van der Waals surface area contributed by atoms with Crippen LogP contribution in [-0.2, 0) is 9.53 Å². The van der Waals surface area contributed by atoms with Crippen LogP contribution < -0.4 is 0 Å². The standard InChI is InChI=1S/C18H36O7/c1-2-3-4-5-6-7-8-9-10-11-16(22)25-13-15(21)18(24)17(23)14(20)12-19/h14-15,17-21,23-24H,2-13H2,1H3/t14-,15+,17-,18-/m1/s1. The number of unbranched alkanes of at least 4 members (excludes halogenated alkanes) is 8. The molecule has 150 valence electrons. The summed E-state index contributed by atoms with van der Waals surface area (Å²) in [4.78, 5) is 11.6. The lowest BCUT2D eigenvalue weighted by Gasteiger charge is -2.25. The number of esters is 1. The first-order valence-electron chi connectivity index (χ1n) is 9.42. The van der Waals surface area contributed by atoms with E-state index >= 15 is 0 Å². The minimum absolute atomic E-state index is 0.250. The summed E-state index contributed by atoms with van der Waals surface area (Å²) in [7, 11) is 0. The molecule has 0 aromatic carbocycles. The summed E-state index contributed by atoms with van der Waals surface area (Å²) in [6.07, 6.45) is 4.01. The van der Waals surface area contributed by atoms with E-state index in [9.17, 15) is 25.2 Å². The van der Waals surface area contributed by atoms with Crippen LogP contribution in [0, 0.1) is 0 Å². The van der Waals surface area contributed by atoms with E-state index in [1.807, 2.05) is 0 Å². The van der Waals surface area contributed by atoms with Crippen molar-refractivity contribution in [2.75, 3.05) is 13.2 Å². The zero-order valence-electron chi connectivity index (χ0n) is 15.3. The van der Waals surface area contributed by atoms with Crippen LogP contribution in [0.5, 0.6) is 0 Å².